The molecule has 3 heterocycles. The zero-order valence-corrected chi connectivity index (χ0v) is 13.5. The Balaban J connectivity index is 1.59. The van der Waals surface area contributed by atoms with Crippen molar-refractivity contribution in [1.29, 1.82) is 0 Å². The van der Waals surface area contributed by atoms with Gasteiger partial charge in [-0.3, -0.25) is 19.6 Å². The maximum Gasteiger partial charge on any atom is 0.327 e. The summed E-state index contributed by atoms with van der Waals surface area (Å²) in [7, 11) is 1.66. The summed E-state index contributed by atoms with van der Waals surface area (Å²) >= 11 is 0. The van der Waals surface area contributed by atoms with Gasteiger partial charge in [0.25, 0.3) is 5.91 Å². The van der Waals surface area contributed by atoms with E-state index in [0.717, 1.165) is 13.1 Å². The molecule has 0 saturated carbocycles. The first-order valence-electron chi connectivity index (χ1n) is 7.87. The molecule has 1 aromatic rings. The lowest BCUT2D eigenvalue weighted by atomic mass is 10.2. The van der Waals surface area contributed by atoms with Crippen LogP contribution in [0.25, 0.3) is 0 Å². The van der Waals surface area contributed by atoms with Crippen molar-refractivity contribution in [2.24, 2.45) is 0 Å². The molecule has 2 saturated heterocycles. The minimum Gasteiger partial charge on any atom is -0.374 e. The van der Waals surface area contributed by atoms with Crippen molar-refractivity contribution < 1.29 is 14.3 Å². The van der Waals surface area contributed by atoms with Crippen LogP contribution in [-0.4, -0.2) is 77.1 Å². The van der Waals surface area contributed by atoms with Crippen LogP contribution in [0.1, 0.15) is 12.5 Å². The molecular formula is C16H22N4O3. The van der Waals surface area contributed by atoms with E-state index in [4.69, 9.17) is 4.74 Å². The SMILES string of the molecule is C[C@@H]1C(=O)N(CC2CN(Cc3ccncc3)CCO2)C(=O)N1C. The first-order chi connectivity index (χ1) is 11.1. The number of carbonyl (C=O) groups is 2. The van der Waals surface area contributed by atoms with Gasteiger partial charge in [0.05, 0.1) is 19.3 Å². The Morgan fingerprint density at radius 3 is 2.70 bits per heavy atom. The van der Waals surface area contributed by atoms with Crippen molar-refractivity contribution in [2.75, 3.05) is 33.3 Å². The lowest BCUT2D eigenvalue weighted by Gasteiger charge is -2.34. The Bertz CT molecular complexity index is 560. The largest absolute Gasteiger partial charge is 0.374 e. The second-order valence-corrected chi connectivity index (χ2v) is 6.10. The summed E-state index contributed by atoms with van der Waals surface area (Å²) in [5, 5.41) is 0. The second-order valence-electron chi connectivity index (χ2n) is 6.10. The van der Waals surface area contributed by atoms with Crippen LogP contribution in [-0.2, 0) is 16.1 Å². The number of amides is 3. The van der Waals surface area contributed by atoms with Crippen LogP contribution in [0, 0.1) is 0 Å². The Labute approximate surface area is 135 Å². The number of aromatic nitrogens is 1. The number of pyridine rings is 1. The Morgan fingerprint density at radius 1 is 1.30 bits per heavy atom. The predicted molar refractivity (Wildman–Crippen MR) is 83.6 cm³/mol. The molecule has 7 nitrogen and oxygen atoms in total. The van der Waals surface area contributed by atoms with Crippen molar-refractivity contribution in [3.8, 4) is 0 Å². The van der Waals surface area contributed by atoms with Crippen LogP contribution in [0.4, 0.5) is 4.79 Å². The van der Waals surface area contributed by atoms with E-state index in [9.17, 15) is 9.59 Å². The third-order valence-corrected chi connectivity index (χ3v) is 4.50. The Morgan fingerprint density at radius 2 is 2.04 bits per heavy atom. The normalized spacial score (nSPS) is 26.2. The molecule has 0 radical (unpaired) electrons. The maximum atomic E-state index is 12.2. The fraction of sp³-hybridized carbons (Fsp3) is 0.562. The van der Waals surface area contributed by atoms with Crippen LogP contribution < -0.4 is 0 Å². The van der Waals surface area contributed by atoms with Crippen LogP contribution in [0.2, 0.25) is 0 Å². The van der Waals surface area contributed by atoms with Crippen LogP contribution in [0.5, 0.6) is 0 Å². The zero-order chi connectivity index (χ0) is 16.4. The third-order valence-electron chi connectivity index (χ3n) is 4.50. The Hall–Kier alpha value is -1.99. The van der Waals surface area contributed by atoms with E-state index in [2.05, 4.69) is 9.88 Å². The maximum absolute atomic E-state index is 12.2. The third kappa shape index (κ3) is 3.35. The lowest BCUT2D eigenvalue weighted by Crippen LogP contribution is -2.48. The molecule has 1 aromatic heterocycles. The lowest BCUT2D eigenvalue weighted by molar-refractivity contribution is -0.130. The van der Waals surface area contributed by atoms with E-state index < -0.39 is 0 Å². The average molecular weight is 318 g/mol. The van der Waals surface area contributed by atoms with Gasteiger partial charge in [0, 0.05) is 39.1 Å². The van der Waals surface area contributed by atoms with Gasteiger partial charge in [0.1, 0.15) is 6.04 Å². The van der Waals surface area contributed by atoms with Crippen LogP contribution >= 0.6 is 0 Å². The summed E-state index contributed by atoms with van der Waals surface area (Å²) < 4.78 is 5.76. The molecule has 2 aliphatic heterocycles. The Kier molecular flexibility index (Phi) is 4.58. The molecular weight excluding hydrogens is 296 g/mol. The molecule has 124 valence electrons. The molecule has 0 aromatic carbocycles. The minimum atomic E-state index is -0.390. The molecule has 0 spiro atoms. The van der Waals surface area contributed by atoms with Gasteiger partial charge in [0.15, 0.2) is 0 Å². The molecule has 2 fully saturated rings. The number of likely N-dealkylation sites (N-methyl/N-ethyl adjacent to an activating group) is 1. The number of hydrogen-bond donors (Lipinski definition) is 0. The number of imide groups is 1. The number of morpholine rings is 1. The minimum absolute atomic E-state index is 0.141. The number of nitrogens with zero attached hydrogens (tertiary/aromatic N) is 4. The van der Waals surface area contributed by atoms with Gasteiger partial charge < -0.3 is 9.64 Å². The van der Waals surface area contributed by atoms with Gasteiger partial charge >= 0.3 is 6.03 Å². The van der Waals surface area contributed by atoms with Gasteiger partial charge in [0.2, 0.25) is 0 Å². The molecule has 0 bridgehead atoms. The van der Waals surface area contributed by atoms with Gasteiger partial charge in [-0.15, -0.1) is 0 Å². The fourth-order valence-electron chi connectivity index (χ4n) is 2.99. The second kappa shape index (κ2) is 6.64. The molecule has 0 aliphatic carbocycles. The van der Waals surface area contributed by atoms with E-state index in [0.29, 0.717) is 19.7 Å². The standard InChI is InChI=1S/C16H22N4O3/c1-12-15(21)20(16(22)18(12)2)11-14-10-19(7-8-23-14)9-13-3-5-17-6-4-13/h3-6,12,14H,7-11H2,1-2H3/t12-,14?/m1/s1. The molecule has 2 atom stereocenters. The number of urea groups is 1. The monoisotopic (exact) mass is 318 g/mol. The zero-order valence-electron chi connectivity index (χ0n) is 13.5. The average Bonchev–Trinajstić information content (AvgIpc) is 2.74. The summed E-state index contributed by atoms with van der Waals surface area (Å²) in [4.78, 5) is 33.4. The van der Waals surface area contributed by atoms with Crippen molar-refractivity contribution in [2.45, 2.75) is 25.6 Å². The van der Waals surface area contributed by atoms with E-state index in [1.54, 1.807) is 26.4 Å². The van der Waals surface area contributed by atoms with Gasteiger partial charge in [-0.2, -0.15) is 0 Å². The topological polar surface area (TPSA) is 66.0 Å². The molecule has 2 aliphatic rings. The highest BCUT2D eigenvalue weighted by Gasteiger charge is 2.41. The van der Waals surface area contributed by atoms with Crippen molar-refractivity contribution >= 4 is 11.9 Å². The summed E-state index contributed by atoms with van der Waals surface area (Å²) in [6.07, 6.45) is 3.43. The fourth-order valence-corrected chi connectivity index (χ4v) is 2.99. The van der Waals surface area contributed by atoms with Gasteiger partial charge in [-0.25, -0.2) is 4.79 Å². The molecule has 3 amide bonds. The number of ether oxygens (including phenoxy) is 1. The quantitative estimate of drug-likeness (QED) is 0.759. The van der Waals surface area contributed by atoms with E-state index in [1.807, 2.05) is 12.1 Å². The highest BCUT2D eigenvalue weighted by atomic mass is 16.5. The van der Waals surface area contributed by atoms with E-state index in [-0.39, 0.29) is 24.1 Å². The first-order valence-corrected chi connectivity index (χ1v) is 7.87. The van der Waals surface area contributed by atoms with Crippen molar-refractivity contribution in [3.63, 3.8) is 0 Å². The van der Waals surface area contributed by atoms with Crippen LogP contribution in [0.3, 0.4) is 0 Å². The van der Waals surface area contributed by atoms with Gasteiger partial charge in [-0.05, 0) is 24.6 Å². The van der Waals surface area contributed by atoms with E-state index in [1.165, 1.54) is 15.4 Å². The molecule has 7 heteroatoms. The van der Waals surface area contributed by atoms with Crippen molar-refractivity contribution in [1.82, 2.24) is 19.7 Å². The highest BCUT2D eigenvalue weighted by molar-refractivity contribution is 6.03. The number of rotatable bonds is 4. The smallest absolute Gasteiger partial charge is 0.327 e. The molecule has 3 rings (SSSR count). The number of hydrogen-bond acceptors (Lipinski definition) is 5. The van der Waals surface area contributed by atoms with E-state index >= 15 is 0 Å². The summed E-state index contributed by atoms with van der Waals surface area (Å²) in [6, 6.07) is 3.36. The molecule has 23 heavy (non-hydrogen) atoms. The first kappa shape index (κ1) is 15.9. The summed E-state index contributed by atoms with van der Waals surface area (Å²) in [6.45, 7) is 5.04. The van der Waals surface area contributed by atoms with Gasteiger partial charge in [-0.1, -0.05) is 0 Å². The van der Waals surface area contributed by atoms with Crippen molar-refractivity contribution in [3.05, 3.63) is 30.1 Å². The summed E-state index contributed by atoms with van der Waals surface area (Å²) in [5.41, 5.74) is 1.20. The summed E-state index contributed by atoms with van der Waals surface area (Å²) in [5.74, 6) is -0.146. The predicted octanol–water partition coefficient (Wildman–Crippen LogP) is 0.565. The molecule has 0 N–H and O–H groups in total. The molecule has 1 unspecified atom stereocenters. The number of carbonyl (C=O) groups excluding carboxylic acids is 2. The highest BCUT2D eigenvalue weighted by Crippen LogP contribution is 2.18. The van der Waals surface area contributed by atoms with Crippen LogP contribution in [0.15, 0.2) is 24.5 Å².